The lowest BCUT2D eigenvalue weighted by Gasteiger charge is -2.25. The molecule has 1 aliphatic heterocycles. The Bertz CT molecular complexity index is 1100. The Labute approximate surface area is 181 Å². The molecule has 0 bridgehead atoms. The van der Waals surface area contributed by atoms with Crippen molar-refractivity contribution in [1.29, 1.82) is 0 Å². The van der Waals surface area contributed by atoms with Gasteiger partial charge in [-0.2, -0.15) is 0 Å². The number of benzene rings is 1. The van der Waals surface area contributed by atoms with Gasteiger partial charge in [-0.1, -0.05) is 17.7 Å². The molecule has 2 fully saturated rings. The number of hydrogen-bond donors (Lipinski definition) is 1. The average molecular weight is 427 g/mol. The largest absolute Gasteiger partial charge is 0.344 e. The van der Waals surface area contributed by atoms with Crippen molar-refractivity contribution in [2.45, 2.75) is 64.2 Å². The van der Waals surface area contributed by atoms with E-state index in [1.165, 1.54) is 5.56 Å². The second-order valence-corrected chi connectivity index (χ2v) is 9.30. The highest BCUT2D eigenvalue weighted by Gasteiger charge is 2.54. The molecular formula is C23H27ClN4O2. The van der Waals surface area contributed by atoms with Crippen LogP contribution in [0.1, 0.15) is 43.1 Å². The van der Waals surface area contributed by atoms with Crippen LogP contribution in [0.2, 0.25) is 5.02 Å². The van der Waals surface area contributed by atoms with E-state index in [4.69, 9.17) is 26.8 Å². The minimum atomic E-state index is -0.600. The molecule has 3 aromatic rings. The van der Waals surface area contributed by atoms with Gasteiger partial charge in [-0.05, 0) is 68.9 Å². The third-order valence-corrected chi connectivity index (χ3v) is 6.72. The fraction of sp³-hybridized carbons (Fsp3) is 0.478. The molecule has 158 valence electrons. The zero-order chi connectivity index (χ0) is 21.0. The molecule has 1 saturated carbocycles. The predicted molar refractivity (Wildman–Crippen MR) is 116 cm³/mol. The first kappa shape index (κ1) is 19.9. The number of rotatable bonds is 4. The van der Waals surface area contributed by atoms with Gasteiger partial charge < -0.3 is 19.8 Å². The van der Waals surface area contributed by atoms with Crippen molar-refractivity contribution in [3.8, 4) is 0 Å². The summed E-state index contributed by atoms with van der Waals surface area (Å²) in [7, 11) is 0. The predicted octanol–water partition coefficient (Wildman–Crippen LogP) is 4.18. The molecule has 6 nitrogen and oxygen atoms in total. The molecule has 2 aromatic heterocycles. The van der Waals surface area contributed by atoms with Crippen LogP contribution in [0.4, 0.5) is 0 Å². The molecule has 1 saturated heterocycles. The van der Waals surface area contributed by atoms with Crippen molar-refractivity contribution < 1.29 is 9.47 Å². The Balaban J connectivity index is 1.51. The maximum Gasteiger partial charge on any atom is 0.163 e. The molecule has 0 unspecified atom stereocenters. The van der Waals surface area contributed by atoms with E-state index in [0.29, 0.717) is 12.5 Å². The first-order valence-corrected chi connectivity index (χ1v) is 10.9. The Hall–Kier alpha value is -1.99. The first-order chi connectivity index (χ1) is 14.4. The molecule has 0 spiro atoms. The maximum absolute atomic E-state index is 6.40. The smallest absolute Gasteiger partial charge is 0.163 e. The Morgan fingerprint density at radius 3 is 2.77 bits per heavy atom. The Morgan fingerprint density at radius 2 is 1.97 bits per heavy atom. The monoisotopic (exact) mass is 426 g/mol. The van der Waals surface area contributed by atoms with E-state index >= 15 is 0 Å². The van der Waals surface area contributed by atoms with Gasteiger partial charge >= 0.3 is 0 Å². The van der Waals surface area contributed by atoms with E-state index in [-0.39, 0.29) is 18.2 Å². The van der Waals surface area contributed by atoms with Crippen molar-refractivity contribution in [2.75, 3.05) is 0 Å². The summed E-state index contributed by atoms with van der Waals surface area (Å²) >= 11 is 6.18. The second-order valence-electron chi connectivity index (χ2n) is 8.87. The molecule has 5 rings (SSSR count). The molecule has 0 radical (unpaired) electrons. The summed E-state index contributed by atoms with van der Waals surface area (Å²) < 4.78 is 15.0. The third kappa shape index (κ3) is 3.32. The maximum atomic E-state index is 6.40. The molecule has 2 N–H and O–H groups in total. The quantitative estimate of drug-likeness (QED) is 0.677. The van der Waals surface area contributed by atoms with Gasteiger partial charge in [0.1, 0.15) is 18.1 Å². The lowest BCUT2D eigenvalue weighted by molar-refractivity contribution is -0.160. The van der Waals surface area contributed by atoms with E-state index in [1.54, 1.807) is 6.33 Å². The van der Waals surface area contributed by atoms with Crippen LogP contribution in [0.25, 0.3) is 11.0 Å². The standard InChI is InChI=1S/C23H27ClN4O2/c1-13-18-6-7-28(22(18)27-12-26-13)19-10-15(20-21(19)30-23(2,3)29-20)8-14-4-5-17(24)9-16(14)11-25/h4-7,9,12,15,19-21H,8,10-11,25H2,1-3H3/t15-,19+,20+,21-/m0/s1. The topological polar surface area (TPSA) is 75.2 Å². The summed E-state index contributed by atoms with van der Waals surface area (Å²) in [5.41, 5.74) is 10.3. The van der Waals surface area contributed by atoms with Gasteiger partial charge in [0.25, 0.3) is 0 Å². The molecule has 0 amide bonds. The van der Waals surface area contributed by atoms with Crippen LogP contribution >= 0.6 is 11.6 Å². The highest BCUT2D eigenvalue weighted by Crippen LogP contribution is 2.48. The highest BCUT2D eigenvalue weighted by atomic mass is 35.5. The van der Waals surface area contributed by atoms with Crippen LogP contribution in [0, 0.1) is 12.8 Å². The molecule has 3 heterocycles. The Morgan fingerprint density at radius 1 is 1.17 bits per heavy atom. The number of fused-ring (bicyclic) bond motifs is 2. The fourth-order valence-electron chi connectivity index (χ4n) is 5.16. The van der Waals surface area contributed by atoms with Crippen LogP contribution in [0.15, 0.2) is 36.8 Å². The van der Waals surface area contributed by atoms with E-state index in [2.05, 4.69) is 32.9 Å². The van der Waals surface area contributed by atoms with Gasteiger partial charge in [-0.15, -0.1) is 0 Å². The highest BCUT2D eigenvalue weighted by molar-refractivity contribution is 6.30. The lowest BCUT2D eigenvalue weighted by Crippen LogP contribution is -2.27. The minimum Gasteiger partial charge on any atom is -0.344 e. The van der Waals surface area contributed by atoms with Gasteiger partial charge in [-0.25, -0.2) is 9.97 Å². The number of hydrogen-bond acceptors (Lipinski definition) is 5. The summed E-state index contributed by atoms with van der Waals surface area (Å²) in [6.07, 6.45) is 5.57. The number of halogens is 1. The molecule has 1 aliphatic carbocycles. The molecular weight excluding hydrogens is 400 g/mol. The van der Waals surface area contributed by atoms with Gasteiger partial charge in [0.15, 0.2) is 5.79 Å². The van der Waals surface area contributed by atoms with Crippen LogP contribution in [-0.4, -0.2) is 32.5 Å². The van der Waals surface area contributed by atoms with Crippen LogP contribution in [0.5, 0.6) is 0 Å². The molecule has 4 atom stereocenters. The van der Waals surface area contributed by atoms with Crippen molar-refractivity contribution in [3.63, 3.8) is 0 Å². The molecule has 30 heavy (non-hydrogen) atoms. The summed E-state index contributed by atoms with van der Waals surface area (Å²) in [6, 6.07) is 8.25. The lowest BCUT2D eigenvalue weighted by atomic mass is 9.92. The summed E-state index contributed by atoms with van der Waals surface area (Å²) in [5.74, 6) is -0.287. The van der Waals surface area contributed by atoms with E-state index in [0.717, 1.165) is 40.2 Å². The normalized spacial score (nSPS) is 27.6. The zero-order valence-corrected chi connectivity index (χ0v) is 18.3. The zero-order valence-electron chi connectivity index (χ0n) is 17.5. The van der Waals surface area contributed by atoms with Gasteiger partial charge in [-0.3, -0.25) is 0 Å². The number of ether oxygens (including phenoxy) is 2. The van der Waals surface area contributed by atoms with E-state index in [9.17, 15) is 0 Å². The third-order valence-electron chi connectivity index (χ3n) is 6.49. The van der Waals surface area contributed by atoms with Crippen molar-refractivity contribution in [2.24, 2.45) is 11.7 Å². The minimum absolute atomic E-state index is 0.0201. The van der Waals surface area contributed by atoms with Crippen molar-refractivity contribution in [1.82, 2.24) is 14.5 Å². The number of aromatic nitrogens is 3. The molecule has 2 aliphatic rings. The number of nitrogens with two attached hydrogens (primary N) is 1. The van der Waals surface area contributed by atoms with Crippen LogP contribution in [0.3, 0.4) is 0 Å². The summed E-state index contributed by atoms with van der Waals surface area (Å²) in [4.78, 5) is 8.90. The van der Waals surface area contributed by atoms with Gasteiger partial charge in [0, 0.05) is 23.2 Å². The van der Waals surface area contributed by atoms with E-state index in [1.807, 2.05) is 32.9 Å². The second kappa shape index (κ2) is 7.31. The Kier molecular flexibility index (Phi) is 4.86. The van der Waals surface area contributed by atoms with Gasteiger partial charge in [0.2, 0.25) is 0 Å². The fourth-order valence-corrected chi connectivity index (χ4v) is 5.35. The molecule has 7 heteroatoms. The summed E-state index contributed by atoms with van der Waals surface area (Å²) in [6.45, 7) is 6.48. The van der Waals surface area contributed by atoms with Crippen LogP contribution < -0.4 is 5.73 Å². The van der Waals surface area contributed by atoms with Crippen molar-refractivity contribution in [3.05, 3.63) is 58.6 Å². The summed E-state index contributed by atoms with van der Waals surface area (Å²) in [5, 5.41) is 1.80. The first-order valence-electron chi connectivity index (χ1n) is 10.5. The average Bonchev–Trinajstić information content (AvgIpc) is 3.35. The van der Waals surface area contributed by atoms with Gasteiger partial charge in [0.05, 0.1) is 17.8 Å². The number of aryl methyl sites for hydroxylation is 1. The SMILES string of the molecule is Cc1ncnc2c1ccn2[C@@H]1C[C@H](Cc2ccc(Cl)cc2CN)[C@H]2OC(C)(C)O[C@H]21. The van der Waals surface area contributed by atoms with E-state index < -0.39 is 5.79 Å². The number of nitrogens with zero attached hydrogens (tertiary/aromatic N) is 3. The molecule has 1 aromatic carbocycles. The van der Waals surface area contributed by atoms with Crippen LogP contribution in [-0.2, 0) is 22.4 Å². The van der Waals surface area contributed by atoms with Crippen molar-refractivity contribution >= 4 is 22.6 Å².